The molecule has 1 aliphatic heterocycles. The van der Waals surface area contributed by atoms with Crippen LogP contribution in [0.15, 0.2) is 67.0 Å². The number of amides is 1. The molecule has 0 aliphatic carbocycles. The predicted octanol–water partition coefficient (Wildman–Crippen LogP) is 3.48. The van der Waals surface area contributed by atoms with E-state index in [1.165, 1.54) is 0 Å². The minimum atomic E-state index is -0.137. The van der Waals surface area contributed by atoms with E-state index in [1.807, 2.05) is 30.3 Å². The quantitative estimate of drug-likeness (QED) is 0.479. The van der Waals surface area contributed by atoms with Crippen LogP contribution in [0, 0.1) is 0 Å². The number of aromatic nitrogens is 1. The summed E-state index contributed by atoms with van der Waals surface area (Å²) in [6.07, 6.45) is 3.50. The number of rotatable bonds is 10. The first-order chi connectivity index (χ1) is 17.2. The fraction of sp³-hybridized carbons (Fsp3) is 0.333. The van der Waals surface area contributed by atoms with Gasteiger partial charge < -0.3 is 24.3 Å². The van der Waals surface area contributed by atoms with Gasteiger partial charge in [-0.1, -0.05) is 12.1 Å². The number of nitrogens with zero attached hydrogens (tertiary/aromatic N) is 2. The smallest absolute Gasteiger partial charge is 0.251 e. The molecule has 4 rings (SSSR count). The highest BCUT2D eigenvalue weighted by atomic mass is 16.5. The average Bonchev–Trinajstić information content (AvgIpc) is 2.93. The number of carbonyl (C=O) groups excluding carboxylic acids is 1. The van der Waals surface area contributed by atoms with Crippen molar-refractivity contribution >= 4 is 5.91 Å². The summed E-state index contributed by atoms with van der Waals surface area (Å²) in [6, 6.07) is 16.8. The number of hydrogen-bond acceptors (Lipinski definition) is 7. The van der Waals surface area contributed by atoms with Gasteiger partial charge in [0, 0.05) is 43.2 Å². The van der Waals surface area contributed by atoms with Gasteiger partial charge in [0.05, 0.1) is 33.5 Å². The molecule has 0 bridgehead atoms. The molecule has 1 aliphatic rings. The highest BCUT2D eigenvalue weighted by molar-refractivity contribution is 5.94. The maximum Gasteiger partial charge on any atom is 0.251 e. The Morgan fingerprint density at radius 1 is 1.06 bits per heavy atom. The van der Waals surface area contributed by atoms with Crippen LogP contribution in [-0.2, 0) is 11.3 Å². The van der Waals surface area contributed by atoms with Gasteiger partial charge in [-0.3, -0.25) is 14.7 Å². The first-order valence-electron chi connectivity index (χ1n) is 11.6. The second-order valence-electron chi connectivity index (χ2n) is 8.16. The lowest BCUT2D eigenvalue weighted by Crippen LogP contribution is -2.43. The van der Waals surface area contributed by atoms with E-state index in [0.717, 1.165) is 24.2 Å². The molecule has 1 aromatic heterocycles. The van der Waals surface area contributed by atoms with Gasteiger partial charge in [-0.05, 0) is 48.0 Å². The van der Waals surface area contributed by atoms with Crippen molar-refractivity contribution in [3.63, 3.8) is 0 Å². The van der Waals surface area contributed by atoms with Crippen molar-refractivity contribution in [1.29, 1.82) is 0 Å². The van der Waals surface area contributed by atoms with Crippen LogP contribution < -0.4 is 19.5 Å². The molecule has 2 heterocycles. The fourth-order valence-electron chi connectivity index (χ4n) is 4.05. The highest BCUT2D eigenvalue weighted by Crippen LogP contribution is 2.32. The van der Waals surface area contributed by atoms with E-state index in [0.29, 0.717) is 49.2 Å². The highest BCUT2D eigenvalue weighted by Gasteiger charge is 2.24. The lowest BCUT2D eigenvalue weighted by molar-refractivity contribution is 0.0162. The van der Waals surface area contributed by atoms with Crippen LogP contribution in [0.25, 0.3) is 0 Å². The molecule has 0 saturated carbocycles. The molecule has 2 aromatic carbocycles. The molecule has 1 unspecified atom stereocenters. The third-order valence-electron chi connectivity index (χ3n) is 5.98. The first-order valence-corrected chi connectivity index (χ1v) is 11.6. The maximum absolute atomic E-state index is 12.9. The Balaban J connectivity index is 1.41. The Morgan fingerprint density at radius 2 is 1.83 bits per heavy atom. The zero-order valence-corrected chi connectivity index (χ0v) is 20.1. The number of carbonyl (C=O) groups is 1. The summed E-state index contributed by atoms with van der Waals surface area (Å²) in [5.74, 6) is 1.90. The van der Waals surface area contributed by atoms with Crippen LogP contribution in [0.2, 0.25) is 0 Å². The number of pyridine rings is 1. The van der Waals surface area contributed by atoms with E-state index < -0.39 is 0 Å². The van der Waals surface area contributed by atoms with Crippen LogP contribution in [0.3, 0.4) is 0 Å². The van der Waals surface area contributed by atoms with Gasteiger partial charge in [-0.15, -0.1) is 0 Å². The predicted molar refractivity (Wildman–Crippen MR) is 132 cm³/mol. The topological polar surface area (TPSA) is 82.2 Å². The molecule has 1 N–H and O–H groups in total. The lowest BCUT2D eigenvalue weighted by atomic mass is 10.0. The Morgan fingerprint density at radius 3 is 2.51 bits per heavy atom. The second kappa shape index (κ2) is 12.2. The van der Waals surface area contributed by atoms with E-state index in [-0.39, 0.29) is 11.9 Å². The van der Waals surface area contributed by atoms with Crippen molar-refractivity contribution in [3.05, 3.63) is 83.7 Å². The van der Waals surface area contributed by atoms with Crippen molar-refractivity contribution in [2.45, 2.75) is 12.6 Å². The van der Waals surface area contributed by atoms with Gasteiger partial charge in [-0.2, -0.15) is 0 Å². The van der Waals surface area contributed by atoms with E-state index >= 15 is 0 Å². The van der Waals surface area contributed by atoms with Crippen molar-refractivity contribution in [3.8, 4) is 17.2 Å². The molecular formula is C27H31N3O5. The maximum atomic E-state index is 12.9. The van der Waals surface area contributed by atoms with Gasteiger partial charge in [0.15, 0.2) is 11.5 Å². The van der Waals surface area contributed by atoms with Crippen molar-refractivity contribution in [2.24, 2.45) is 0 Å². The average molecular weight is 478 g/mol. The fourth-order valence-corrected chi connectivity index (χ4v) is 4.05. The number of ether oxygens (including phenoxy) is 4. The minimum absolute atomic E-state index is 0.0234. The molecule has 8 heteroatoms. The van der Waals surface area contributed by atoms with Gasteiger partial charge in [0.1, 0.15) is 12.4 Å². The molecule has 1 amide bonds. The summed E-state index contributed by atoms with van der Waals surface area (Å²) in [5.41, 5.74) is 2.61. The summed E-state index contributed by atoms with van der Waals surface area (Å²) in [6.45, 7) is 3.78. The summed E-state index contributed by atoms with van der Waals surface area (Å²) < 4.78 is 22.2. The lowest BCUT2D eigenvalue weighted by Gasteiger charge is -2.35. The summed E-state index contributed by atoms with van der Waals surface area (Å²) in [7, 11) is 3.24. The van der Waals surface area contributed by atoms with Gasteiger partial charge in [-0.25, -0.2) is 0 Å². The zero-order chi connectivity index (χ0) is 24.5. The number of benzene rings is 2. The summed E-state index contributed by atoms with van der Waals surface area (Å²) >= 11 is 0. The molecule has 35 heavy (non-hydrogen) atoms. The molecule has 0 radical (unpaired) electrons. The van der Waals surface area contributed by atoms with Crippen molar-refractivity contribution in [2.75, 3.05) is 47.1 Å². The summed E-state index contributed by atoms with van der Waals surface area (Å²) in [4.78, 5) is 19.3. The number of nitrogens with one attached hydrogen (secondary N) is 1. The standard InChI is InChI=1S/C27H31N3O5/c1-32-25-10-7-22(16-26(25)33-2)24(30-12-14-34-15-13-30)18-29-27(31)21-5-8-23(9-6-21)35-19-20-4-3-11-28-17-20/h3-11,16-17,24H,12-15,18-19H2,1-2H3,(H,29,31). The first kappa shape index (κ1) is 24.5. The minimum Gasteiger partial charge on any atom is -0.493 e. The van der Waals surface area contributed by atoms with Gasteiger partial charge >= 0.3 is 0 Å². The van der Waals surface area contributed by atoms with Crippen LogP contribution in [0.1, 0.15) is 27.5 Å². The monoisotopic (exact) mass is 477 g/mol. The van der Waals surface area contributed by atoms with Crippen molar-refractivity contribution < 1.29 is 23.7 Å². The molecule has 184 valence electrons. The van der Waals surface area contributed by atoms with Crippen LogP contribution in [0.4, 0.5) is 0 Å². The Labute approximate surface area is 205 Å². The Bertz CT molecular complexity index is 1090. The van der Waals surface area contributed by atoms with Gasteiger partial charge in [0.2, 0.25) is 0 Å². The number of methoxy groups -OCH3 is 2. The van der Waals surface area contributed by atoms with Crippen LogP contribution in [0.5, 0.6) is 17.2 Å². The van der Waals surface area contributed by atoms with E-state index in [4.69, 9.17) is 18.9 Å². The molecular weight excluding hydrogens is 446 g/mol. The summed E-state index contributed by atoms with van der Waals surface area (Å²) in [5, 5.41) is 3.10. The molecule has 1 atom stereocenters. The molecule has 1 saturated heterocycles. The third-order valence-corrected chi connectivity index (χ3v) is 5.98. The number of morpholine rings is 1. The van der Waals surface area contributed by atoms with E-state index in [1.54, 1.807) is 50.9 Å². The Hall–Kier alpha value is -3.62. The van der Waals surface area contributed by atoms with E-state index in [9.17, 15) is 4.79 Å². The SMILES string of the molecule is COc1ccc(C(CNC(=O)c2ccc(OCc3cccnc3)cc2)N2CCOCC2)cc1OC. The molecule has 8 nitrogen and oxygen atoms in total. The Kier molecular flexibility index (Phi) is 8.53. The van der Waals surface area contributed by atoms with Crippen LogP contribution >= 0.6 is 0 Å². The number of hydrogen-bond donors (Lipinski definition) is 1. The normalized spacial score (nSPS) is 14.7. The van der Waals surface area contributed by atoms with Crippen molar-refractivity contribution in [1.82, 2.24) is 15.2 Å². The largest absolute Gasteiger partial charge is 0.493 e. The van der Waals surface area contributed by atoms with Gasteiger partial charge in [0.25, 0.3) is 5.91 Å². The van der Waals surface area contributed by atoms with E-state index in [2.05, 4.69) is 15.2 Å². The molecule has 3 aromatic rings. The zero-order valence-electron chi connectivity index (χ0n) is 20.1. The molecule has 0 spiro atoms. The second-order valence-corrected chi connectivity index (χ2v) is 8.16. The molecule has 1 fully saturated rings. The third kappa shape index (κ3) is 6.49. The van der Waals surface area contributed by atoms with Crippen LogP contribution in [-0.4, -0.2) is 62.9 Å².